The maximum atomic E-state index is 5.35. The van der Waals surface area contributed by atoms with Gasteiger partial charge in [0.2, 0.25) is 0 Å². The van der Waals surface area contributed by atoms with Crippen LogP contribution in [0, 0.1) is 0 Å². The van der Waals surface area contributed by atoms with Crippen molar-refractivity contribution in [2.24, 2.45) is 0 Å². The second kappa shape index (κ2) is 5.83. The van der Waals surface area contributed by atoms with Crippen LogP contribution in [0.3, 0.4) is 0 Å². The first-order chi connectivity index (χ1) is 6.33. The monoisotopic (exact) mass is 186 g/mol. The van der Waals surface area contributed by atoms with Crippen molar-refractivity contribution in [2.75, 3.05) is 47.2 Å². The minimum Gasteiger partial charge on any atom is -0.382 e. The fraction of sp³-hybridized carbons (Fsp3) is 0.778. The van der Waals surface area contributed by atoms with Gasteiger partial charge in [0.25, 0.3) is 0 Å². The molecule has 4 nitrogen and oxygen atoms in total. The highest BCUT2D eigenvalue weighted by molar-refractivity contribution is 4.88. The molecular weight excluding hydrogens is 168 g/mol. The fourth-order valence-electron chi connectivity index (χ4n) is 1.16. The van der Waals surface area contributed by atoms with Crippen LogP contribution in [-0.2, 0) is 9.47 Å². The Hall–Kier alpha value is -0.740. The third-order valence-electron chi connectivity index (χ3n) is 1.89. The minimum absolute atomic E-state index is 0.676. The number of nitrogens with zero attached hydrogens (tertiary/aromatic N) is 2. The van der Waals surface area contributed by atoms with E-state index >= 15 is 0 Å². The van der Waals surface area contributed by atoms with Crippen molar-refractivity contribution in [2.45, 2.75) is 0 Å². The van der Waals surface area contributed by atoms with E-state index in [4.69, 9.17) is 9.47 Å². The van der Waals surface area contributed by atoms with Crippen LogP contribution in [0.4, 0.5) is 0 Å². The normalized spacial score (nSPS) is 15.8. The van der Waals surface area contributed by atoms with Crippen LogP contribution >= 0.6 is 0 Å². The fourth-order valence-corrected chi connectivity index (χ4v) is 1.16. The van der Waals surface area contributed by atoms with Gasteiger partial charge in [-0.15, -0.1) is 0 Å². The third kappa shape index (κ3) is 4.15. The topological polar surface area (TPSA) is 24.9 Å². The second-order valence-corrected chi connectivity index (χ2v) is 3.11. The standard InChI is InChI=1S/C9H18N2O2/c1-10-3-4-11(9-10)5-6-13-8-7-12-2/h3-4H,5-9H2,1-2H3. The lowest BCUT2D eigenvalue weighted by Crippen LogP contribution is -2.26. The summed E-state index contributed by atoms with van der Waals surface area (Å²) < 4.78 is 10.2. The molecule has 76 valence electrons. The maximum absolute atomic E-state index is 5.35. The Morgan fingerprint density at radius 1 is 1.23 bits per heavy atom. The number of methoxy groups -OCH3 is 1. The van der Waals surface area contributed by atoms with Gasteiger partial charge in [0, 0.05) is 33.1 Å². The lowest BCUT2D eigenvalue weighted by atomic mass is 10.6. The van der Waals surface area contributed by atoms with Crippen LogP contribution in [0.1, 0.15) is 0 Å². The third-order valence-corrected chi connectivity index (χ3v) is 1.89. The average Bonchev–Trinajstić information content (AvgIpc) is 2.51. The highest BCUT2D eigenvalue weighted by atomic mass is 16.5. The molecule has 0 saturated carbocycles. The van der Waals surface area contributed by atoms with Crippen molar-refractivity contribution < 1.29 is 9.47 Å². The molecule has 0 aromatic rings. The highest BCUT2D eigenvalue weighted by Crippen LogP contribution is 2.02. The predicted octanol–water partition coefficient (Wildman–Crippen LogP) is 0.326. The van der Waals surface area contributed by atoms with Crippen molar-refractivity contribution in [1.82, 2.24) is 9.80 Å². The summed E-state index contributed by atoms with van der Waals surface area (Å²) in [5, 5.41) is 0. The molecule has 0 radical (unpaired) electrons. The zero-order chi connectivity index (χ0) is 9.52. The molecule has 0 amide bonds. The Morgan fingerprint density at radius 3 is 2.69 bits per heavy atom. The Kier molecular flexibility index (Phi) is 4.64. The number of hydrogen-bond donors (Lipinski definition) is 0. The van der Waals surface area contributed by atoms with Gasteiger partial charge in [-0.2, -0.15) is 0 Å². The number of ether oxygens (including phenoxy) is 2. The Labute approximate surface area is 79.7 Å². The van der Waals surface area contributed by atoms with Gasteiger partial charge >= 0.3 is 0 Å². The van der Waals surface area contributed by atoms with E-state index in [-0.39, 0.29) is 0 Å². The summed E-state index contributed by atoms with van der Waals surface area (Å²) in [5.74, 6) is 0. The second-order valence-electron chi connectivity index (χ2n) is 3.11. The summed E-state index contributed by atoms with van der Waals surface area (Å²) in [6, 6.07) is 0. The van der Waals surface area contributed by atoms with Crippen molar-refractivity contribution in [3.05, 3.63) is 12.4 Å². The van der Waals surface area contributed by atoms with Crippen molar-refractivity contribution in [3.8, 4) is 0 Å². The molecular formula is C9H18N2O2. The molecule has 0 bridgehead atoms. The molecule has 0 aromatic heterocycles. The molecule has 0 aromatic carbocycles. The van der Waals surface area contributed by atoms with Crippen LogP contribution in [-0.4, -0.2) is 57.0 Å². The van der Waals surface area contributed by atoms with Gasteiger partial charge in [0.15, 0.2) is 0 Å². The first-order valence-corrected chi connectivity index (χ1v) is 4.52. The largest absolute Gasteiger partial charge is 0.382 e. The van der Waals surface area contributed by atoms with Gasteiger partial charge in [0.05, 0.1) is 26.5 Å². The smallest absolute Gasteiger partial charge is 0.0891 e. The SMILES string of the molecule is COCCOCCN1C=CN(C)C1. The molecule has 13 heavy (non-hydrogen) atoms. The van der Waals surface area contributed by atoms with E-state index in [0.717, 1.165) is 19.8 Å². The first-order valence-electron chi connectivity index (χ1n) is 4.52. The minimum atomic E-state index is 0.676. The highest BCUT2D eigenvalue weighted by Gasteiger charge is 2.06. The summed E-state index contributed by atoms with van der Waals surface area (Å²) >= 11 is 0. The molecule has 0 N–H and O–H groups in total. The molecule has 0 aliphatic carbocycles. The molecule has 0 atom stereocenters. The molecule has 1 aliphatic heterocycles. The van der Waals surface area contributed by atoms with Crippen molar-refractivity contribution >= 4 is 0 Å². The van der Waals surface area contributed by atoms with E-state index in [9.17, 15) is 0 Å². The van der Waals surface area contributed by atoms with Gasteiger partial charge in [-0.1, -0.05) is 0 Å². The summed E-state index contributed by atoms with van der Waals surface area (Å²) in [6.07, 6.45) is 4.15. The molecule has 1 rings (SSSR count). The number of rotatable bonds is 6. The summed E-state index contributed by atoms with van der Waals surface area (Å²) in [4.78, 5) is 4.35. The van der Waals surface area contributed by atoms with Gasteiger partial charge in [0.1, 0.15) is 0 Å². The van der Waals surface area contributed by atoms with Crippen LogP contribution in [0.5, 0.6) is 0 Å². The van der Waals surface area contributed by atoms with Crippen molar-refractivity contribution in [3.63, 3.8) is 0 Å². The first kappa shape index (κ1) is 10.3. The molecule has 1 aliphatic rings. The summed E-state index contributed by atoms with van der Waals surface area (Å²) in [5.41, 5.74) is 0. The van der Waals surface area contributed by atoms with E-state index in [1.165, 1.54) is 0 Å². The van der Waals surface area contributed by atoms with Crippen LogP contribution < -0.4 is 0 Å². The lowest BCUT2D eigenvalue weighted by Gasteiger charge is -2.17. The zero-order valence-electron chi connectivity index (χ0n) is 8.40. The van der Waals surface area contributed by atoms with Gasteiger partial charge in [-0.25, -0.2) is 0 Å². The quantitative estimate of drug-likeness (QED) is 0.558. The van der Waals surface area contributed by atoms with Crippen LogP contribution in [0.2, 0.25) is 0 Å². The van der Waals surface area contributed by atoms with E-state index in [0.29, 0.717) is 13.2 Å². The molecule has 0 fully saturated rings. The van der Waals surface area contributed by atoms with E-state index in [2.05, 4.69) is 29.2 Å². The van der Waals surface area contributed by atoms with E-state index in [1.54, 1.807) is 7.11 Å². The lowest BCUT2D eigenvalue weighted by molar-refractivity contribution is 0.0614. The van der Waals surface area contributed by atoms with E-state index < -0.39 is 0 Å². The van der Waals surface area contributed by atoms with Gasteiger partial charge < -0.3 is 19.3 Å². The maximum Gasteiger partial charge on any atom is 0.0891 e. The molecule has 0 spiro atoms. The molecule has 0 unspecified atom stereocenters. The Morgan fingerprint density at radius 2 is 2.08 bits per heavy atom. The average molecular weight is 186 g/mol. The summed E-state index contributed by atoms with van der Waals surface area (Å²) in [7, 11) is 3.74. The zero-order valence-corrected chi connectivity index (χ0v) is 8.40. The summed E-state index contributed by atoms with van der Waals surface area (Å²) in [6.45, 7) is 4.04. The molecule has 0 saturated heterocycles. The van der Waals surface area contributed by atoms with Gasteiger partial charge in [-0.3, -0.25) is 0 Å². The number of hydrogen-bond acceptors (Lipinski definition) is 4. The Bertz CT molecular complexity index is 162. The van der Waals surface area contributed by atoms with E-state index in [1.807, 2.05) is 0 Å². The van der Waals surface area contributed by atoms with Crippen molar-refractivity contribution in [1.29, 1.82) is 0 Å². The Balaban J connectivity index is 1.92. The van der Waals surface area contributed by atoms with Gasteiger partial charge in [-0.05, 0) is 0 Å². The molecule has 1 heterocycles. The molecule has 4 heteroatoms. The van der Waals surface area contributed by atoms with Crippen LogP contribution in [0.15, 0.2) is 12.4 Å². The predicted molar refractivity (Wildman–Crippen MR) is 51.2 cm³/mol. The van der Waals surface area contributed by atoms with Crippen LogP contribution in [0.25, 0.3) is 0 Å².